The molecule has 166 valence electrons. The molecule has 3 aliphatic rings. The number of fused-ring (bicyclic) bond motifs is 2. The van der Waals surface area contributed by atoms with Gasteiger partial charge in [-0.2, -0.15) is 0 Å². The molecule has 32 heavy (non-hydrogen) atoms. The van der Waals surface area contributed by atoms with Crippen molar-refractivity contribution in [2.75, 3.05) is 50.6 Å². The molecule has 2 heterocycles. The van der Waals surface area contributed by atoms with Gasteiger partial charge in [0.15, 0.2) is 0 Å². The molecule has 2 aromatic carbocycles. The van der Waals surface area contributed by atoms with Crippen molar-refractivity contribution in [3.05, 3.63) is 72.3 Å². The van der Waals surface area contributed by atoms with Crippen LogP contribution in [0.25, 0.3) is 0 Å². The molecule has 0 radical (unpaired) electrons. The second-order valence-electron chi connectivity index (χ2n) is 8.47. The van der Waals surface area contributed by atoms with Gasteiger partial charge in [-0.15, -0.1) is 0 Å². The molecular weight excluding hydrogens is 402 g/mol. The Morgan fingerprint density at radius 3 is 2.34 bits per heavy atom. The molecule has 1 amide bonds. The number of benzene rings is 2. The fourth-order valence-corrected chi connectivity index (χ4v) is 5.03. The Balaban J connectivity index is 1.34. The smallest absolute Gasteiger partial charge is 0.231 e. The van der Waals surface area contributed by atoms with Crippen LogP contribution in [0.5, 0.6) is 11.5 Å². The third kappa shape index (κ3) is 3.70. The molecule has 2 aliphatic heterocycles. The van der Waals surface area contributed by atoms with Crippen molar-refractivity contribution in [1.29, 1.82) is 0 Å². The van der Waals surface area contributed by atoms with Gasteiger partial charge < -0.3 is 24.6 Å². The summed E-state index contributed by atoms with van der Waals surface area (Å²) < 4.78 is 10.8. The number of nitrogens with zero attached hydrogens (tertiary/aromatic N) is 2. The topological polar surface area (TPSA) is 54.0 Å². The van der Waals surface area contributed by atoms with Gasteiger partial charge in [-0.25, -0.2) is 0 Å². The van der Waals surface area contributed by atoms with Gasteiger partial charge in [0.05, 0.1) is 26.2 Å². The average Bonchev–Trinajstić information content (AvgIpc) is 2.86. The minimum atomic E-state index is -0.165. The SMILES string of the molecule is COc1cc(OC)cc(N2CCN(C(=O)C3c4ccccc4NC4C=CC=CC43)CC2)c1. The van der Waals surface area contributed by atoms with Gasteiger partial charge >= 0.3 is 0 Å². The van der Waals surface area contributed by atoms with E-state index in [1.54, 1.807) is 14.2 Å². The highest BCUT2D eigenvalue weighted by molar-refractivity contribution is 5.88. The van der Waals surface area contributed by atoms with E-state index in [1.807, 2.05) is 35.2 Å². The first-order valence-electron chi connectivity index (χ1n) is 11.1. The molecule has 1 aliphatic carbocycles. The first-order chi connectivity index (χ1) is 15.7. The zero-order valence-corrected chi connectivity index (χ0v) is 18.5. The first-order valence-corrected chi connectivity index (χ1v) is 11.1. The second kappa shape index (κ2) is 8.61. The Bertz CT molecular complexity index is 1030. The summed E-state index contributed by atoms with van der Waals surface area (Å²) in [4.78, 5) is 18.1. The summed E-state index contributed by atoms with van der Waals surface area (Å²) in [6, 6.07) is 14.3. The quantitative estimate of drug-likeness (QED) is 0.801. The average molecular weight is 432 g/mol. The summed E-state index contributed by atoms with van der Waals surface area (Å²) in [6.07, 6.45) is 8.46. The molecule has 0 aromatic heterocycles. The lowest BCUT2D eigenvalue weighted by molar-refractivity contribution is -0.134. The highest BCUT2D eigenvalue weighted by Gasteiger charge is 2.41. The van der Waals surface area contributed by atoms with Gasteiger partial charge in [0.25, 0.3) is 0 Å². The van der Waals surface area contributed by atoms with Crippen LogP contribution in [0.4, 0.5) is 11.4 Å². The fourth-order valence-electron chi connectivity index (χ4n) is 5.03. The molecule has 0 saturated carbocycles. The molecule has 1 N–H and O–H groups in total. The van der Waals surface area contributed by atoms with E-state index in [4.69, 9.17) is 9.47 Å². The maximum Gasteiger partial charge on any atom is 0.231 e. The van der Waals surface area contributed by atoms with Crippen LogP contribution in [0.15, 0.2) is 66.8 Å². The second-order valence-corrected chi connectivity index (χ2v) is 8.47. The molecule has 1 saturated heterocycles. The lowest BCUT2D eigenvalue weighted by Gasteiger charge is -2.42. The number of amides is 1. The fraction of sp³-hybridized carbons (Fsp3) is 0.346. The summed E-state index contributed by atoms with van der Waals surface area (Å²) >= 11 is 0. The van der Waals surface area contributed by atoms with E-state index in [1.165, 1.54) is 0 Å². The highest BCUT2D eigenvalue weighted by Crippen LogP contribution is 2.42. The van der Waals surface area contributed by atoms with Crippen LogP contribution in [0.2, 0.25) is 0 Å². The Kier molecular flexibility index (Phi) is 5.52. The van der Waals surface area contributed by atoms with Crippen molar-refractivity contribution in [3.8, 4) is 11.5 Å². The normalized spacial score (nSPS) is 23.8. The largest absolute Gasteiger partial charge is 0.497 e. The minimum absolute atomic E-state index is 0.128. The summed E-state index contributed by atoms with van der Waals surface area (Å²) in [6.45, 7) is 2.94. The predicted molar refractivity (Wildman–Crippen MR) is 127 cm³/mol. The number of nitrogens with one attached hydrogen (secondary N) is 1. The molecule has 6 nitrogen and oxygen atoms in total. The molecule has 6 heteroatoms. The molecule has 3 atom stereocenters. The Labute approximate surface area is 189 Å². The van der Waals surface area contributed by atoms with Crippen LogP contribution < -0.4 is 19.7 Å². The highest BCUT2D eigenvalue weighted by atomic mass is 16.5. The van der Waals surface area contributed by atoms with Crippen molar-refractivity contribution >= 4 is 17.3 Å². The third-order valence-corrected chi connectivity index (χ3v) is 6.74. The van der Waals surface area contributed by atoms with E-state index in [-0.39, 0.29) is 23.8 Å². The number of para-hydroxylation sites is 1. The summed E-state index contributed by atoms with van der Waals surface area (Å²) in [5.74, 6) is 1.72. The molecule has 5 rings (SSSR count). The van der Waals surface area contributed by atoms with Crippen molar-refractivity contribution in [1.82, 2.24) is 4.90 Å². The van der Waals surface area contributed by atoms with E-state index >= 15 is 0 Å². The molecular formula is C26H29N3O3. The Morgan fingerprint density at radius 1 is 0.938 bits per heavy atom. The maximum atomic E-state index is 13.8. The van der Waals surface area contributed by atoms with Crippen LogP contribution >= 0.6 is 0 Å². The molecule has 0 bridgehead atoms. The number of ether oxygens (including phenoxy) is 2. The van der Waals surface area contributed by atoms with E-state index < -0.39 is 0 Å². The summed E-state index contributed by atoms with van der Waals surface area (Å²) in [7, 11) is 3.32. The van der Waals surface area contributed by atoms with E-state index in [2.05, 4.69) is 46.7 Å². The number of hydrogen-bond acceptors (Lipinski definition) is 5. The molecule has 2 aromatic rings. The number of carbonyl (C=O) groups excluding carboxylic acids is 1. The monoisotopic (exact) mass is 431 g/mol. The van der Waals surface area contributed by atoms with E-state index in [0.29, 0.717) is 13.1 Å². The molecule has 1 fully saturated rings. The van der Waals surface area contributed by atoms with Gasteiger partial charge in [0.2, 0.25) is 5.91 Å². The van der Waals surface area contributed by atoms with Crippen LogP contribution in [-0.4, -0.2) is 57.2 Å². The van der Waals surface area contributed by atoms with E-state index in [9.17, 15) is 4.79 Å². The van der Waals surface area contributed by atoms with Crippen LogP contribution in [0, 0.1) is 5.92 Å². The van der Waals surface area contributed by atoms with Crippen LogP contribution in [0.1, 0.15) is 11.5 Å². The summed E-state index contributed by atoms with van der Waals surface area (Å²) in [5, 5.41) is 3.60. The minimum Gasteiger partial charge on any atom is -0.497 e. The molecule has 3 unspecified atom stereocenters. The Morgan fingerprint density at radius 2 is 1.62 bits per heavy atom. The zero-order valence-electron chi connectivity index (χ0n) is 18.5. The van der Waals surface area contributed by atoms with Crippen LogP contribution in [-0.2, 0) is 4.79 Å². The number of rotatable bonds is 4. The first kappa shape index (κ1) is 20.5. The van der Waals surface area contributed by atoms with Gasteiger partial charge in [-0.3, -0.25) is 4.79 Å². The van der Waals surface area contributed by atoms with Crippen molar-refractivity contribution in [2.45, 2.75) is 12.0 Å². The number of methoxy groups -OCH3 is 2. The lowest BCUT2D eigenvalue weighted by atomic mass is 9.75. The zero-order chi connectivity index (χ0) is 22.1. The maximum absolute atomic E-state index is 13.8. The number of carbonyl (C=O) groups is 1. The Hall–Kier alpha value is -3.41. The predicted octanol–water partition coefficient (Wildman–Crippen LogP) is 3.67. The van der Waals surface area contributed by atoms with Crippen molar-refractivity contribution < 1.29 is 14.3 Å². The van der Waals surface area contributed by atoms with Gasteiger partial charge in [0, 0.05) is 61.7 Å². The van der Waals surface area contributed by atoms with E-state index in [0.717, 1.165) is 41.5 Å². The lowest BCUT2D eigenvalue weighted by Crippen LogP contribution is -2.52. The van der Waals surface area contributed by atoms with Crippen molar-refractivity contribution in [2.24, 2.45) is 5.92 Å². The standard InChI is InChI=1S/C26H29N3O3/c1-31-19-15-18(16-20(17-19)32-2)28-11-13-29(14-12-28)26(30)25-21-7-3-5-9-23(21)27-24-10-6-4-8-22(24)25/h3-10,15-17,21,23,25,27H,11-14H2,1-2H3. The summed E-state index contributed by atoms with van der Waals surface area (Å²) in [5.41, 5.74) is 3.22. The van der Waals surface area contributed by atoms with Crippen LogP contribution in [0.3, 0.4) is 0 Å². The van der Waals surface area contributed by atoms with Gasteiger partial charge in [-0.1, -0.05) is 42.5 Å². The van der Waals surface area contributed by atoms with Gasteiger partial charge in [-0.05, 0) is 11.6 Å². The van der Waals surface area contributed by atoms with Crippen molar-refractivity contribution in [3.63, 3.8) is 0 Å². The number of hydrogen-bond donors (Lipinski definition) is 1. The third-order valence-electron chi connectivity index (χ3n) is 6.74. The number of anilines is 2. The van der Waals surface area contributed by atoms with Gasteiger partial charge in [0.1, 0.15) is 11.5 Å². The number of piperazine rings is 1. The number of allylic oxidation sites excluding steroid dienone is 2. The molecule has 0 spiro atoms.